The summed E-state index contributed by atoms with van der Waals surface area (Å²) in [5, 5.41) is 12.6. The number of rotatable bonds is 6. The quantitative estimate of drug-likeness (QED) is 0.521. The first-order valence-corrected chi connectivity index (χ1v) is 10.4. The predicted octanol–water partition coefficient (Wildman–Crippen LogP) is 3.99. The van der Waals surface area contributed by atoms with E-state index in [0.29, 0.717) is 11.8 Å². The number of fused-ring (bicyclic) bond motifs is 1. The van der Waals surface area contributed by atoms with Crippen LogP contribution in [-0.4, -0.2) is 46.0 Å². The standard InChI is InChI=1S/C20H22N4O4S/c1-4-12-11-29-20-22-18(14-7-5-6-8-21-14)19(23(12)20)13-9-15(24(25)26)17(28-3)10-16(13)27-2/h5-10,12,18-19H,4,11H2,1-3H3/t12-,18-,19+/m1/s1. The van der Waals surface area contributed by atoms with Crippen molar-refractivity contribution in [2.24, 2.45) is 4.99 Å². The third-order valence-electron chi connectivity index (χ3n) is 5.38. The van der Waals surface area contributed by atoms with Crippen molar-refractivity contribution < 1.29 is 14.4 Å². The van der Waals surface area contributed by atoms with Crippen LogP contribution in [0.4, 0.5) is 5.69 Å². The number of pyridine rings is 1. The van der Waals surface area contributed by atoms with E-state index in [2.05, 4.69) is 16.8 Å². The molecule has 8 nitrogen and oxygen atoms in total. The number of amidine groups is 1. The zero-order chi connectivity index (χ0) is 20.5. The molecule has 152 valence electrons. The maximum atomic E-state index is 11.7. The Hall–Kier alpha value is -2.81. The Morgan fingerprint density at radius 3 is 2.69 bits per heavy atom. The van der Waals surface area contributed by atoms with Gasteiger partial charge in [-0.25, -0.2) is 0 Å². The highest BCUT2D eigenvalue weighted by Crippen LogP contribution is 2.52. The minimum absolute atomic E-state index is 0.0866. The van der Waals surface area contributed by atoms with Crippen molar-refractivity contribution in [1.29, 1.82) is 0 Å². The van der Waals surface area contributed by atoms with Gasteiger partial charge < -0.3 is 14.4 Å². The first kappa shape index (κ1) is 19.5. The van der Waals surface area contributed by atoms with Crippen molar-refractivity contribution in [3.8, 4) is 11.5 Å². The topological polar surface area (TPSA) is 90.1 Å². The molecule has 0 aliphatic carbocycles. The zero-order valence-electron chi connectivity index (χ0n) is 16.4. The van der Waals surface area contributed by atoms with Crippen LogP contribution in [0.5, 0.6) is 11.5 Å². The van der Waals surface area contributed by atoms with Crippen molar-refractivity contribution in [3.05, 3.63) is 57.9 Å². The van der Waals surface area contributed by atoms with Crippen LogP contribution in [0.15, 0.2) is 41.5 Å². The second kappa shape index (κ2) is 7.90. The summed E-state index contributed by atoms with van der Waals surface area (Å²) in [6, 6.07) is 8.68. The molecule has 3 atom stereocenters. The summed E-state index contributed by atoms with van der Waals surface area (Å²) in [7, 11) is 2.98. The Morgan fingerprint density at radius 1 is 1.28 bits per heavy atom. The number of aliphatic imine (C=N–C) groups is 1. The van der Waals surface area contributed by atoms with Gasteiger partial charge in [0.1, 0.15) is 11.8 Å². The smallest absolute Gasteiger partial charge is 0.311 e. The first-order valence-electron chi connectivity index (χ1n) is 9.39. The number of nitro groups is 1. The summed E-state index contributed by atoms with van der Waals surface area (Å²) in [5.74, 6) is 1.66. The molecule has 4 rings (SSSR count). The Labute approximate surface area is 173 Å². The van der Waals surface area contributed by atoms with Gasteiger partial charge in [0.15, 0.2) is 5.17 Å². The lowest BCUT2D eigenvalue weighted by Crippen LogP contribution is -2.35. The van der Waals surface area contributed by atoms with E-state index in [9.17, 15) is 10.1 Å². The lowest BCUT2D eigenvalue weighted by Gasteiger charge is -2.32. The van der Waals surface area contributed by atoms with Gasteiger partial charge in [-0.3, -0.25) is 20.1 Å². The van der Waals surface area contributed by atoms with E-state index in [4.69, 9.17) is 14.5 Å². The summed E-state index contributed by atoms with van der Waals surface area (Å²) in [6.45, 7) is 2.15. The highest BCUT2D eigenvalue weighted by Gasteiger charge is 2.47. The van der Waals surface area contributed by atoms with Gasteiger partial charge in [-0.2, -0.15) is 0 Å². The maximum absolute atomic E-state index is 11.7. The van der Waals surface area contributed by atoms with Gasteiger partial charge in [-0.05, 0) is 18.6 Å². The highest BCUT2D eigenvalue weighted by molar-refractivity contribution is 8.14. The van der Waals surface area contributed by atoms with E-state index in [-0.39, 0.29) is 23.5 Å². The van der Waals surface area contributed by atoms with Crippen LogP contribution in [0.25, 0.3) is 0 Å². The molecule has 0 N–H and O–H groups in total. The minimum Gasteiger partial charge on any atom is -0.496 e. The molecule has 2 aromatic rings. The monoisotopic (exact) mass is 414 g/mol. The average Bonchev–Trinajstić information content (AvgIpc) is 3.32. The second-order valence-electron chi connectivity index (χ2n) is 6.86. The molecule has 1 aromatic carbocycles. The molecule has 0 amide bonds. The zero-order valence-corrected chi connectivity index (χ0v) is 17.3. The average molecular weight is 414 g/mol. The molecule has 9 heteroatoms. The third-order valence-corrected chi connectivity index (χ3v) is 6.50. The number of methoxy groups -OCH3 is 2. The van der Waals surface area contributed by atoms with Crippen molar-refractivity contribution in [2.75, 3.05) is 20.0 Å². The van der Waals surface area contributed by atoms with Crippen molar-refractivity contribution >= 4 is 22.6 Å². The van der Waals surface area contributed by atoms with E-state index in [0.717, 1.165) is 28.6 Å². The molecule has 0 spiro atoms. The van der Waals surface area contributed by atoms with Crippen molar-refractivity contribution in [1.82, 2.24) is 9.88 Å². The molecule has 3 heterocycles. The second-order valence-corrected chi connectivity index (χ2v) is 7.85. The highest BCUT2D eigenvalue weighted by atomic mass is 32.2. The van der Waals surface area contributed by atoms with Crippen LogP contribution < -0.4 is 9.47 Å². The molecule has 0 bridgehead atoms. The molecular weight excluding hydrogens is 392 g/mol. The van der Waals surface area contributed by atoms with Crippen LogP contribution in [-0.2, 0) is 0 Å². The largest absolute Gasteiger partial charge is 0.496 e. The van der Waals surface area contributed by atoms with E-state index < -0.39 is 4.92 Å². The molecule has 1 aromatic heterocycles. The van der Waals surface area contributed by atoms with Gasteiger partial charge in [0.05, 0.1) is 30.9 Å². The number of nitrogens with zero attached hydrogens (tertiary/aromatic N) is 4. The number of benzene rings is 1. The van der Waals surface area contributed by atoms with Gasteiger partial charge in [-0.1, -0.05) is 24.8 Å². The van der Waals surface area contributed by atoms with Gasteiger partial charge in [0.25, 0.3) is 0 Å². The number of ether oxygens (including phenoxy) is 2. The summed E-state index contributed by atoms with van der Waals surface area (Å²) >= 11 is 1.72. The van der Waals surface area contributed by atoms with Gasteiger partial charge in [0.2, 0.25) is 5.75 Å². The lowest BCUT2D eigenvalue weighted by molar-refractivity contribution is -0.385. The Morgan fingerprint density at radius 2 is 2.07 bits per heavy atom. The summed E-state index contributed by atoms with van der Waals surface area (Å²) in [5.41, 5.74) is 1.46. The molecule has 2 aliphatic heterocycles. The first-order chi connectivity index (χ1) is 14.1. The Kier molecular flexibility index (Phi) is 5.31. The molecular formula is C20H22N4O4S. The molecule has 0 radical (unpaired) electrons. The summed E-state index contributed by atoms with van der Waals surface area (Å²) in [4.78, 5) is 23.0. The number of aromatic nitrogens is 1. The Bertz CT molecular complexity index is 953. The van der Waals surface area contributed by atoms with Gasteiger partial charge in [0, 0.05) is 35.7 Å². The molecule has 0 saturated carbocycles. The summed E-state index contributed by atoms with van der Waals surface area (Å²) < 4.78 is 10.9. The fraction of sp³-hybridized carbons (Fsp3) is 0.400. The normalized spacial score (nSPS) is 22.9. The lowest BCUT2D eigenvalue weighted by atomic mass is 9.93. The SMILES string of the molecule is CC[C@@H]1CSC2=N[C@H](c3ccccn3)[C@H](c3cc([N+](=O)[O-])c(OC)cc3OC)N21. The van der Waals surface area contributed by atoms with Crippen molar-refractivity contribution in [3.63, 3.8) is 0 Å². The van der Waals surface area contributed by atoms with Crippen LogP contribution in [0, 0.1) is 10.1 Å². The molecule has 1 saturated heterocycles. The number of hydrogen-bond acceptors (Lipinski definition) is 8. The van der Waals surface area contributed by atoms with Crippen LogP contribution in [0.2, 0.25) is 0 Å². The summed E-state index contributed by atoms with van der Waals surface area (Å²) in [6.07, 6.45) is 2.70. The van der Waals surface area contributed by atoms with Crippen LogP contribution in [0.1, 0.15) is 36.7 Å². The molecule has 2 aliphatic rings. The fourth-order valence-corrected chi connectivity index (χ4v) is 5.30. The molecule has 0 unspecified atom stereocenters. The number of hydrogen-bond donors (Lipinski definition) is 0. The van der Waals surface area contributed by atoms with Crippen LogP contribution in [0.3, 0.4) is 0 Å². The Balaban J connectivity index is 1.90. The van der Waals surface area contributed by atoms with E-state index in [1.807, 2.05) is 18.2 Å². The number of nitro benzene ring substituents is 1. The minimum atomic E-state index is -0.426. The van der Waals surface area contributed by atoms with E-state index >= 15 is 0 Å². The van der Waals surface area contributed by atoms with Crippen molar-refractivity contribution in [2.45, 2.75) is 31.5 Å². The van der Waals surface area contributed by atoms with Crippen LogP contribution >= 0.6 is 11.8 Å². The van der Waals surface area contributed by atoms with E-state index in [1.165, 1.54) is 7.11 Å². The maximum Gasteiger partial charge on any atom is 0.311 e. The third kappa shape index (κ3) is 3.29. The van der Waals surface area contributed by atoms with E-state index in [1.54, 1.807) is 37.2 Å². The van der Waals surface area contributed by atoms with Gasteiger partial charge >= 0.3 is 5.69 Å². The predicted molar refractivity (Wildman–Crippen MR) is 112 cm³/mol. The molecule has 1 fully saturated rings. The fourth-order valence-electron chi connectivity index (χ4n) is 3.97. The number of thioether (sulfide) groups is 1. The molecule has 29 heavy (non-hydrogen) atoms. The van der Waals surface area contributed by atoms with Gasteiger partial charge in [-0.15, -0.1) is 0 Å².